The molecule has 2 fully saturated rings. The average Bonchev–Trinajstić information content (AvgIpc) is 3.21. The molecule has 0 radical (unpaired) electrons. The van der Waals surface area contributed by atoms with Crippen LogP contribution in [-0.4, -0.2) is 25.3 Å². The summed E-state index contributed by atoms with van der Waals surface area (Å²) in [5, 5.41) is 3.76. The van der Waals surface area contributed by atoms with E-state index in [4.69, 9.17) is 4.74 Å². The summed E-state index contributed by atoms with van der Waals surface area (Å²) >= 11 is 0. The Labute approximate surface area is 119 Å². The molecule has 0 aromatic rings. The molecule has 2 saturated carbocycles. The summed E-state index contributed by atoms with van der Waals surface area (Å²) in [5.41, 5.74) is 0.0563. The first-order valence-corrected chi connectivity index (χ1v) is 8.39. The van der Waals surface area contributed by atoms with Gasteiger partial charge in [0.2, 0.25) is 0 Å². The van der Waals surface area contributed by atoms with Crippen molar-refractivity contribution in [1.29, 1.82) is 0 Å². The topological polar surface area (TPSA) is 21.3 Å². The molecule has 2 aliphatic carbocycles. The van der Waals surface area contributed by atoms with Crippen molar-refractivity contribution in [3.63, 3.8) is 0 Å². The largest absolute Gasteiger partial charge is 0.379 e. The van der Waals surface area contributed by atoms with Gasteiger partial charge in [-0.2, -0.15) is 0 Å². The number of hydrogen-bond donors (Lipinski definition) is 1. The molecule has 19 heavy (non-hydrogen) atoms. The third-order valence-corrected chi connectivity index (χ3v) is 5.23. The van der Waals surface area contributed by atoms with Gasteiger partial charge in [-0.3, -0.25) is 0 Å². The van der Waals surface area contributed by atoms with Gasteiger partial charge in [0.05, 0.1) is 5.60 Å². The highest BCUT2D eigenvalue weighted by atomic mass is 16.5. The monoisotopic (exact) mass is 267 g/mol. The molecule has 2 rings (SSSR count). The highest BCUT2D eigenvalue weighted by Crippen LogP contribution is 2.34. The maximum atomic E-state index is 5.59. The highest BCUT2D eigenvalue weighted by molar-refractivity contribution is 4.85. The molecule has 0 amide bonds. The molecular weight excluding hydrogens is 234 g/mol. The molecule has 2 unspecified atom stereocenters. The number of nitrogens with one attached hydrogen (secondary N) is 1. The Kier molecular flexibility index (Phi) is 5.70. The fourth-order valence-electron chi connectivity index (χ4n) is 3.35. The van der Waals surface area contributed by atoms with Crippen LogP contribution in [0.25, 0.3) is 0 Å². The summed E-state index contributed by atoms with van der Waals surface area (Å²) in [5.74, 6) is 1.83. The molecule has 2 atom stereocenters. The lowest BCUT2D eigenvalue weighted by Crippen LogP contribution is -2.31. The summed E-state index contributed by atoms with van der Waals surface area (Å²) in [6.45, 7) is 5.71. The predicted octanol–water partition coefficient (Wildman–Crippen LogP) is 4.14. The zero-order valence-electron chi connectivity index (χ0n) is 13.2. The van der Waals surface area contributed by atoms with E-state index in [-0.39, 0.29) is 5.60 Å². The van der Waals surface area contributed by atoms with E-state index in [0.717, 1.165) is 17.9 Å². The number of ether oxygens (including phenoxy) is 1. The smallest absolute Gasteiger partial charge is 0.0622 e. The van der Waals surface area contributed by atoms with Gasteiger partial charge < -0.3 is 10.1 Å². The van der Waals surface area contributed by atoms with E-state index in [1.54, 1.807) is 0 Å². The first-order chi connectivity index (χ1) is 9.11. The number of hydrogen-bond acceptors (Lipinski definition) is 2. The molecular formula is C17H33NO. The zero-order chi connectivity index (χ0) is 13.7. The van der Waals surface area contributed by atoms with Crippen LogP contribution in [0.2, 0.25) is 0 Å². The van der Waals surface area contributed by atoms with Crippen LogP contribution >= 0.6 is 0 Å². The van der Waals surface area contributed by atoms with Crippen LogP contribution in [-0.2, 0) is 4.74 Å². The quantitative estimate of drug-likeness (QED) is 0.700. The van der Waals surface area contributed by atoms with Crippen molar-refractivity contribution in [2.75, 3.05) is 13.7 Å². The van der Waals surface area contributed by atoms with E-state index in [1.165, 1.54) is 64.3 Å². The lowest BCUT2D eigenvalue weighted by Gasteiger charge is -2.30. The SMILES string of the molecule is COC(C)(C)CCC1CCCCCC1CNC1CC1. The summed E-state index contributed by atoms with van der Waals surface area (Å²) < 4.78 is 5.59. The van der Waals surface area contributed by atoms with Gasteiger partial charge in [0.25, 0.3) is 0 Å². The van der Waals surface area contributed by atoms with Gasteiger partial charge in [0, 0.05) is 13.2 Å². The van der Waals surface area contributed by atoms with E-state index in [9.17, 15) is 0 Å². The summed E-state index contributed by atoms with van der Waals surface area (Å²) in [6.07, 6.45) is 12.6. The lowest BCUT2D eigenvalue weighted by molar-refractivity contribution is 0.00779. The Morgan fingerprint density at radius 3 is 2.32 bits per heavy atom. The van der Waals surface area contributed by atoms with Crippen molar-refractivity contribution in [2.24, 2.45) is 11.8 Å². The Bertz CT molecular complexity index is 260. The minimum atomic E-state index is 0.0563. The van der Waals surface area contributed by atoms with Gasteiger partial charge in [-0.15, -0.1) is 0 Å². The first kappa shape index (κ1) is 15.3. The van der Waals surface area contributed by atoms with Gasteiger partial charge in [-0.1, -0.05) is 25.7 Å². The zero-order valence-corrected chi connectivity index (χ0v) is 13.2. The molecule has 0 aromatic heterocycles. The minimum absolute atomic E-state index is 0.0563. The van der Waals surface area contributed by atoms with Gasteiger partial charge in [0.15, 0.2) is 0 Å². The fraction of sp³-hybridized carbons (Fsp3) is 1.00. The highest BCUT2D eigenvalue weighted by Gasteiger charge is 2.28. The maximum Gasteiger partial charge on any atom is 0.0622 e. The van der Waals surface area contributed by atoms with Crippen LogP contribution in [0.4, 0.5) is 0 Å². The van der Waals surface area contributed by atoms with E-state index in [1.807, 2.05) is 7.11 Å². The second kappa shape index (κ2) is 7.08. The molecule has 0 aromatic carbocycles. The van der Waals surface area contributed by atoms with Crippen molar-refractivity contribution in [1.82, 2.24) is 5.32 Å². The molecule has 1 N–H and O–H groups in total. The van der Waals surface area contributed by atoms with Crippen LogP contribution in [0, 0.1) is 11.8 Å². The maximum absolute atomic E-state index is 5.59. The summed E-state index contributed by atoms with van der Waals surface area (Å²) in [4.78, 5) is 0. The molecule has 0 saturated heterocycles. The minimum Gasteiger partial charge on any atom is -0.379 e. The molecule has 0 spiro atoms. The Balaban J connectivity index is 1.80. The normalized spacial score (nSPS) is 29.2. The van der Waals surface area contributed by atoms with Crippen LogP contribution in [0.1, 0.15) is 71.6 Å². The van der Waals surface area contributed by atoms with Crippen molar-refractivity contribution < 1.29 is 4.74 Å². The van der Waals surface area contributed by atoms with Crippen molar-refractivity contribution >= 4 is 0 Å². The van der Waals surface area contributed by atoms with E-state index in [2.05, 4.69) is 19.2 Å². The van der Waals surface area contributed by atoms with Gasteiger partial charge in [0.1, 0.15) is 0 Å². The van der Waals surface area contributed by atoms with E-state index < -0.39 is 0 Å². The van der Waals surface area contributed by atoms with E-state index in [0.29, 0.717) is 0 Å². The standard InChI is InChI=1S/C17H33NO/c1-17(2,19-3)12-11-14-7-5-4-6-8-15(14)13-18-16-9-10-16/h14-16,18H,4-13H2,1-3H3. The van der Waals surface area contributed by atoms with Crippen LogP contribution in [0.3, 0.4) is 0 Å². The molecule has 2 aliphatic rings. The van der Waals surface area contributed by atoms with Crippen molar-refractivity contribution in [2.45, 2.75) is 83.3 Å². The second-order valence-electron chi connectivity index (χ2n) is 7.34. The fourth-order valence-corrected chi connectivity index (χ4v) is 3.35. The van der Waals surface area contributed by atoms with Crippen LogP contribution in [0.15, 0.2) is 0 Å². The predicted molar refractivity (Wildman–Crippen MR) is 81.4 cm³/mol. The Morgan fingerprint density at radius 2 is 1.68 bits per heavy atom. The summed E-state index contributed by atoms with van der Waals surface area (Å²) in [7, 11) is 1.85. The van der Waals surface area contributed by atoms with Crippen LogP contribution in [0.5, 0.6) is 0 Å². The molecule has 2 nitrogen and oxygen atoms in total. The van der Waals surface area contributed by atoms with E-state index >= 15 is 0 Å². The Hall–Kier alpha value is -0.0800. The second-order valence-corrected chi connectivity index (χ2v) is 7.34. The number of methoxy groups -OCH3 is 1. The average molecular weight is 267 g/mol. The van der Waals surface area contributed by atoms with Crippen LogP contribution < -0.4 is 5.32 Å². The molecule has 0 bridgehead atoms. The van der Waals surface area contributed by atoms with Gasteiger partial charge in [-0.05, 0) is 64.3 Å². The van der Waals surface area contributed by atoms with Gasteiger partial charge >= 0.3 is 0 Å². The number of rotatable bonds is 7. The molecule has 2 heteroatoms. The molecule has 0 heterocycles. The molecule has 0 aliphatic heterocycles. The first-order valence-electron chi connectivity index (χ1n) is 8.39. The van der Waals surface area contributed by atoms with Gasteiger partial charge in [-0.25, -0.2) is 0 Å². The van der Waals surface area contributed by atoms with Crippen molar-refractivity contribution in [3.05, 3.63) is 0 Å². The Morgan fingerprint density at radius 1 is 1.00 bits per heavy atom. The lowest BCUT2D eigenvalue weighted by atomic mass is 9.82. The summed E-state index contributed by atoms with van der Waals surface area (Å²) in [6, 6.07) is 0.860. The van der Waals surface area contributed by atoms with Crippen molar-refractivity contribution in [3.8, 4) is 0 Å². The molecule has 112 valence electrons. The third kappa shape index (κ3) is 5.43. The third-order valence-electron chi connectivity index (χ3n) is 5.23.